The van der Waals surface area contributed by atoms with E-state index in [9.17, 15) is 28.0 Å². The van der Waals surface area contributed by atoms with E-state index in [-0.39, 0.29) is 61.3 Å². The minimum Gasteiger partial charge on any atom is -0.437 e. The first-order valence-electron chi connectivity index (χ1n) is 12.9. The number of nitrogens with zero attached hydrogens (tertiary/aromatic N) is 2. The Bertz CT molecular complexity index is 1740. The number of amides is 1. The van der Waals surface area contributed by atoms with E-state index >= 15 is 0 Å². The Morgan fingerprint density at radius 1 is 1.07 bits per heavy atom. The number of pyridine rings is 1. The van der Waals surface area contributed by atoms with Crippen LogP contribution in [0.3, 0.4) is 0 Å². The van der Waals surface area contributed by atoms with Crippen molar-refractivity contribution in [3.8, 4) is 28.5 Å². The highest BCUT2D eigenvalue weighted by Crippen LogP contribution is 2.40. The van der Waals surface area contributed by atoms with Crippen LogP contribution in [0.25, 0.3) is 33.6 Å². The van der Waals surface area contributed by atoms with Gasteiger partial charge in [0.2, 0.25) is 5.71 Å². The minimum absolute atomic E-state index is 0.00629. The summed E-state index contributed by atoms with van der Waals surface area (Å²) in [5, 5.41) is 12.2. The van der Waals surface area contributed by atoms with Crippen LogP contribution in [0.5, 0.6) is 0 Å². The van der Waals surface area contributed by atoms with Crippen molar-refractivity contribution in [1.29, 1.82) is 5.26 Å². The number of aromatic nitrogens is 1. The molecular weight excluding hydrogens is 590 g/mol. The van der Waals surface area contributed by atoms with Crippen LogP contribution in [0.15, 0.2) is 46.9 Å². The Morgan fingerprint density at radius 2 is 1.74 bits per heavy atom. The predicted octanol–water partition coefficient (Wildman–Crippen LogP) is 8.75. The van der Waals surface area contributed by atoms with Crippen LogP contribution in [0, 0.1) is 23.7 Å². The predicted molar refractivity (Wildman–Crippen MR) is 156 cm³/mol. The molecule has 4 rings (SSSR count). The first kappa shape index (κ1) is 31.1. The average molecular weight is 616 g/mol. The van der Waals surface area contributed by atoms with Crippen LogP contribution < -0.4 is 5.32 Å². The van der Waals surface area contributed by atoms with Crippen molar-refractivity contribution in [2.24, 2.45) is 5.41 Å². The summed E-state index contributed by atoms with van der Waals surface area (Å²) in [7, 11) is 1.45. The standard InChI is InChI=1S/C31H26Cl2F3N3O3/c1-16-5-7-17(8-6-16)27-25(28(41)38-4)21-13-19(23(39-29(21)42-27)9-10-31(34,35)36)18-11-20(26(33)22(32)12-18)24(40)14-30(2,3)15-37/h5-8,11-13H,9-10,14H2,1-4H3,(H,38,41). The molecule has 0 saturated carbocycles. The maximum absolute atomic E-state index is 13.3. The number of aryl methyl sites for hydroxylation is 2. The van der Waals surface area contributed by atoms with Crippen LogP contribution in [0.2, 0.25) is 10.0 Å². The van der Waals surface area contributed by atoms with E-state index in [1.165, 1.54) is 25.2 Å². The van der Waals surface area contributed by atoms with E-state index in [4.69, 9.17) is 27.6 Å². The lowest BCUT2D eigenvalue weighted by Crippen LogP contribution is -2.18. The van der Waals surface area contributed by atoms with Gasteiger partial charge in [-0.1, -0.05) is 53.0 Å². The topological polar surface area (TPSA) is 96.0 Å². The molecule has 2 aromatic heterocycles. The molecule has 0 spiro atoms. The number of benzene rings is 2. The lowest BCUT2D eigenvalue weighted by Gasteiger charge is -2.16. The Morgan fingerprint density at radius 3 is 2.33 bits per heavy atom. The molecule has 0 saturated heterocycles. The van der Waals surface area contributed by atoms with Gasteiger partial charge in [0.05, 0.1) is 38.2 Å². The zero-order valence-corrected chi connectivity index (χ0v) is 24.7. The Hall–Kier alpha value is -3.87. The fourth-order valence-corrected chi connectivity index (χ4v) is 4.94. The fraction of sp³-hybridized carbons (Fsp3) is 0.290. The molecule has 2 aromatic carbocycles. The highest BCUT2D eigenvalue weighted by atomic mass is 35.5. The Labute approximate surface area is 250 Å². The summed E-state index contributed by atoms with van der Waals surface area (Å²) in [5.74, 6) is -0.736. The fourth-order valence-electron chi connectivity index (χ4n) is 4.50. The molecule has 0 aliphatic rings. The first-order chi connectivity index (χ1) is 19.6. The summed E-state index contributed by atoms with van der Waals surface area (Å²) >= 11 is 12.8. The molecule has 11 heteroatoms. The molecule has 218 valence electrons. The maximum Gasteiger partial charge on any atom is 0.389 e. The van der Waals surface area contributed by atoms with E-state index in [0.29, 0.717) is 5.56 Å². The van der Waals surface area contributed by atoms with Crippen molar-refractivity contribution in [1.82, 2.24) is 10.3 Å². The van der Waals surface area contributed by atoms with Crippen molar-refractivity contribution in [2.45, 2.75) is 46.2 Å². The van der Waals surface area contributed by atoms with Gasteiger partial charge in [0, 0.05) is 36.6 Å². The highest BCUT2D eigenvalue weighted by Gasteiger charge is 2.30. The van der Waals surface area contributed by atoms with Gasteiger partial charge in [-0.2, -0.15) is 18.4 Å². The van der Waals surface area contributed by atoms with Gasteiger partial charge >= 0.3 is 6.18 Å². The molecule has 0 fully saturated rings. The average Bonchev–Trinajstić information content (AvgIpc) is 3.30. The molecule has 0 atom stereocenters. The second kappa shape index (κ2) is 11.8. The number of alkyl halides is 3. The van der Waals surface area contributed by atoms with Crippen molar-refractivity contribution in [2.75, 3.05) is 7.05 Å². The molecule has 0 bridgehead atoms. The first-order valence-corrected chi connectivity index (χ1v) is 13.7. The number of nitrogens with one attached hydrogen (secondary N) is 1. The molecule has 2 heterocycles. The summed E-state index contributed by atoms with van der Waals surface area (Å²) in [5.41, 5.74) is 1.25. The molecule has 0 radical (unpaired) electrons. The van der Waals surface area contributed by atoms with Crippen LogP contribution in [0.4, 0.5) is 13.2 Å². The summed E-state index contributed by atoms with van der Waals surface area (Å²) in [4.78, 5) is 30.7. The number of rotatable bonds is 8. The van der Waals surface area contributed by atoms with Gasteiger partial charge in [-0.05, 0) is 51.0 Å². The number of carbonyl (C=O) groups is 2. The van der Waals surface area contributed by atoms with Gasteiger partial charge in [-0.15, -0.1) is 0 Å². The smallest absolute Gasteiger partial charge is 0.389 e. The number of hydrogen-bond donors (Lipinski definition) is 1. The number of nitriles is 1. The van der Waals surface area contributed by atoms with Crippen molar-refractivity contribution >= 4 is 46.0 Å². The second-order valence-corrected chi connectivity index (χ2v) is 11.4. The number of carbonyl (C=O) groups excluding carboxylic acids is 2. The van der Waals surface area contributed by atoms with Crippen molar-refractivity contribution in [3.05, 3.63) is 74.9 Å². The summed E-state index contributed by atoms with van der Waals surface area (Å²) < 4.78 is 46.0. The van der Waals surface area contributed by atoms with Crippen LogP contribution >= 0.6 is 23.2 Å². The largest absolute Gasteiger partial charge is 0.437 e. The van der Waals surface area contributed by atoms with Crippen LogP contribution in [-0.2, 0) is 6.42 Å². The van der Waals surface area contributed by atoms with E-state index < -0.39 is 36.1 Å². The number of hydrogen-bond acceptors (Lipinski definition) is 5. The number of Topliss-reactive ketones (excluding diaryl/α,β-unsaturated/α-hetero) is 1. The number of halogens is 5. The van der Waals surface area contributed by atoms with Gasteiger partial charge in [-0.25, -0.2) is 4.98 Å². The molecule has 1 N–H and O–H groups in total. The molecule has 0 unspecified atom stereocenters. The van der Waals surface area contributed by atoms with Crippen LogP contribution in [0.1, 0.15) is 58.7 Å². The minimum atomic E-state index is -4.47. The SMILES string of the molecule is CNC(=O)c1c(-c2ccc(C)cc2)oc2nc(CCC(F)(F)F)c(-c3cc(Cl)c(Cl)c(C(=O)CC(C)(C)C#N)c3)cc12. The maximum atomic E-state index is 13.3. The zero-order valence-electron chi connectivity index (χ0n) is 23.2. The lowest BCUT2D eigenvalue weighted by molar-refractivity contribution is -0.134. The number of ketones is 1. The number of furan rings is 1. The Balaban J connectivity index is 1.99. The quantitative estimate of drug-likeness (QED) is 0.200. The number of fused-ring (bicyclic) bond motifs is 1. The molecule has 42 heavy (non-hydrogen) atoms. The van der Waals surface area contributed by atoms with E-state index in [2.05, 4.69) is 16.4 Å². The normalized spacial score (nSPS) is 11.9. The third kappa shape index (κ3) is 6.61. The van der Waals surface area contributed by atoms with Crippen LogP contribution in [-0.4, -0.2) is 29.9 Å². The van der Waals surface area contributed by atoms with Gasteiger partial charge in [0.1, 0.15) is 5.76 Å². The van der Waals surface area contributed by atoms with E-state index in [1.54, 1.807) is 26.0 Å². The Kier molecular flexibility index (Phi) is 8.72. The summed E-state index contributed by atoms with van der Waals surface area (Å²) in [6.07, 6.45) is -6.31. The van der Waals surface area contributed by atoms with Crippen molar-refractivity contribution < 1.29 is 27.2 Å². The summed E-state index contributed by atoms with van der Waals surface area (Å²) in [6.45, 7) is 5.10. The zero-order chi connectivity index (χ0) is 31.0. The molecular formula is C31H26Cl2F3N3O3. The van der Waals surface area contributed by atoms with Crippen molar-refractivity contribution in [3.63, 3.8) is 0 Å². The third-order valence-corrected chi connectivity index (χ3v) is 7.52. The molecule has 0 aliphatic carbocycles. The van der Waals surface area contributed by atoms with E-state index in [1.807, 2.05) is 19.1 Å². The lowest BCUT2D eigenvalue weighted by atomic mass is 9.86. The molecule has 0 aliphatic heterocycles. The molecule has 4 aromatic rings. The van der Waals surface area contributed by atoms with Gasteiger partial charge in [0.15, 0.2) is 5.78 Å². The van der Waals surface area contributed by atoms with Gasteiger partial charge in [-0.3, -0.25) is 9.59 Å². The third-order valence-electron chi connectivity index (χ3n) is 6.72. The second-order valence-electron chi connectivity index (χ2n) is 10.6. The molecule has 6 nitrogen and oxygen atoms in total. The molecule has 1 amide bonds. The van der Waals surface area contributed by atoms with Gasteiger partial charge in [0.25, 0.3) is 5.91 Å². The monoisotopic (exact) mass is 615 g/mol. The van der Waals surface area contributed by atoms with E-state index in [0.717, 1.165) is 5.56 Å². The highest BCUT2D eigenvalue weighted by molar-refractivity contribution is 6.44. The summed E-state index contributed by atoms with van der Waals surface area (Å²) in [6, 6.07) is 13.6. The van der Waals surface area contributed by atoms with Gasteiger partial charge < -0.3 is 9.73 Å².